The van der Waals surface area contributed by atoms with E-state index in [4.69, 9.17) is 5.11 Å². The lowest BCUT2D eigenvalue weighted by atomic mass is 10.1. The lowest BCUT2D eigenvalue weighted by Crippen LogP contribution is -2.25. The van der Waals surface area contributed by atoms with Gasteiger partial charge >= 0.3 is 12.1 Å². The lowest BCUT2D eigenvalue weighted by Gasteiger charge is -2.14. The molecule has 0 aliphatic rings. The average molecular weight is 398 g/mol. The van der Waals surface area contributed by atoms with Crippen molar-refractivity contribution in [1.29, 1.82) is 0 Å². The van der Waals surface area contributed by atoms with E-state index in [-0.39, 0.29) is 12.1 Å². The summed E-state index contributed by atoms with van der Waals surface area (Å²) >= 11 is 0. The molecule has 5 nitrogen and oxygen atoms in total. The lowest BCUT2D eigenvalue weighted by molar-refractivity contribution is -0.137. The molecule has 28 heavy (non-hydrogen) atoms. The molecule has 0 radical (unpaired) electrons. The molecule has 0 fully saturated rings. The Labute approximate surface area is 153 Å². The van der Waals surface area contributed by atoms with Crippen molar-refractivity contribution in [1.82, 2.24) is 9.36 Å². The first-order valence-corrected chi connectivity index (χ1v) is 7.75. The Balaban J connectivity index is 2.15. The van der Waals surface area contributed by atoms with Crippen LogP contribution >= 0.6 is 0 Å². The number of carbonyl (C=O) groups is 1. The first-order valence-electron chi connectivity index (χ1n) is 7.75. The van der Waals surface area contributed by atoms with Crippen molar-refractivity contribution in [3.63, 3.8) is 0 Å². The zero-order chi connectivity index (χ0) is 20.6. The van der Waals surface area contributed by atoms with E-state index < -0.39 is 46.2 Å². The van der Waals surface area contributed by atoms with Gasteiger partial charge in [0.25, 0.3) is 5.56 Å². The van der Waals surface area contributed by atoms with Crippen LogP contribution in [0.1, 0.15) is 21.5 Å². The number of carboxylic acid groups (broad SMARTS) is 1. The monoisotopic (exact) mass is 398 g/mol. The van der Waals surface area contributed by atoms with Gasteiger partial charge in [0, 0.05) is 12.3 Å². The molecule has 3 aromatic rings. The fourth-order valence-corrected chi connectivity index (χ4v) is 2.69. The molecule has 0 saturated carbocycles. The standard InChI is InChI=1S/C18H11F5N2O3/c19-12-4-5-15(14(20)7-12)25-16(26)13(17(27)28)9-24(25)8-10-2-1-3-11(6-10)18(21,22)23/h1-7,9H,8H2,(H,27,28). The maximum absolute atomic E-state index is 14.2. The van der Waals surface area contributed by atoms with Gasteiger partial charge in [-0.3, -0.25) is 9.48 Å². The van der Waals surface area contributed by atoms with Crippen molar-refractivity contribution in [3.05, 3.63) is 87.3 Å². The summed E-state index contributed by atoms with van der Waals surface area (Å²) in [5.41, 5.74) is -3.10. The van der Waals surface area contributed by atoms with Crippen LogP contribution in [-0.4, -0.2) is 20.4 Å². The number of carboxylic acids is 1. The Morgan fingerprint density at radius 2 is 1.79 bits per heavy atom. The number of alkyl halides is 3. The third-order valence-corrected chi connectivity index (χ3v) is 3.92. The fourth-order valence-electron chi connectivity index (χ4n) is 2.69. The van der Waals surface area contributed by atoms with Crippen LogP contribution in [0.15, 0.2) is 53.5 Å². The molecule has 0 atom stereocenters. The van der Waals surface area contributed by atoms with Gasteiger partial charge in [-0.05, 0) is 29.8 Å². The fraction of sp³-hybridized carbons (Fsp3) is 0.111. The summed E-state index contributed by atoms with van der Waals surface area (Å²) in [7, 11) is 0. The van der Waals surface area contributed by atoms with Crippen molar-refractivity contribution >= 4 is 5.97 Å². The highest BCUT2D eigenvalue weighted by atomic mass is 19.4. The van der Waals surface area contributed by atoms with Gasteiger partial charge in [0.05, 0.1) is 12.1 Å². The van der Waals surface area contributed by atoms with Gasteiger partial charge < -0.3 is 5.11 Å². The van der Waals surface area contributed by atoms with E-state index >= 15 is 0 Å². The van der Waals surface area contributed by atoms with E-state index in [0.29, 0.717) is 10.7 Å². The van der Waals surface area contributed by atoms with Crippen molar-refractivity contribution in [2.24, 2.45) is 0 Å². The van der Waals surface area contributed by atoms with Gasteiger partial charge in [0.1, 0.15) is 17.1 Å². The maximum Gasteiger partial charge on any atom is 0.416 e. The first-order chi connectivity index (χ1) is 13.1. The van der Waals surface area contributed by atoms with E-state index in [1.54, 1.807) is 0 Å². The molecule has 10 heteroatoms. The van der Waals surface area contributed by atoms with Gasteiger partial charge in [-0.1, -0.05) is 12.1 Å². The maximum atomic E-state index is 14.2. The molecule has 0 aliphatic carbocycles. The Morgan fingerprint density at radius 1 is 1.07 bits per heavy atom. The van der Waals surface area contributed by atoms with Crippen molar-refractivity contribution in [3.8, 4) is 5.69 Å². The summed E-state index contributed by atoms with van der Waals surface area (Å²) in [4.78, 5) is 23.7. The number of rotatable bonds is 4. The molecule has 0 bridgehead atoms. The van der Waals surface area contributed by atoms with Gasteiger partial charge in [0.2, 0.25) is 0 Å². The van der Waals surface area contributed by atoms with Crippen LogP contribution in [0.4, 0.5) is 22.0 Å². The molecule has 2 aromatic carbocycles. The molecule has 146 valence electrons. The minimum absolute atomic E-state index is 0.0954. The summed E-state index contributed by atoms with van der Waals surface area (Å²) in [5.74, 6) is -3.64. The van der Waals surface area contributed by atoms with E-state index in [0.717, 1.165) is 41.2 Å². The third-order valence-electron chi connectivity index (χ3n) is 3.92. The smallest absolute Gasteiger partial charge is 0.416 e. The summed E-state index contributed by atoms with van der Waals surface area (Å²) < 4.78 is 67.6. The SMILES string of the molecule is O=C(O)c1cn(Cc2cccc(C(F)(F)F)c2)n(-c2ccc(F)cc2F)c1=O. The highest BCUT2D eigenvalue weighted by Gasteiger charge is 2.30. The molecule has 0 amide bonds. The van der Waals surface area contributed by atoms with E-state index in [1.165, 1.54) is 6.07 Å². The number of hydrogen-bond acceptors (Lipinski definition) is 2. The van der Waals surface area contributed by atoms with Crippen LogP contribution in [0.3, 0.4) is 0 Å². The number of hydrogen-bond donors (Lipinski definition) is 1. The molecule has 1 heterocycles. The zero-order valence-corrected chi connectivity index (χ0v) is 13.9. The second kappa shape index (κ2) is 6.95. The summed E-state index contributed by atoms with van der Waals surface area (Å²) in [6.45, 7) is -0.358. The van der Waals surface area contributed by atoms with Crippen LogP contribution in [0.2, 0.25) is 0 Å². The highest BCUT2D eigenvalue weighted by Crippen LogP contribution is 2.29. The Morgan fingerprint density at radius 3 is 2.39 bits per heavy atom. The number of benzene rings is 2. The predicted octanol–water partition coefficient (Wildman–Crippen LogP) is 3.68. The van der Waals surface area contributed by atoms with Crippen LogP contribution in [0, 0.1) is 11.6 Å². The number of halogens is 5. The second-order valence-corrected chi connectivity index (χ2v) is 5.86. The van der Waals surface area contributed by atoms with E-state index in [9.17, 15) is 31.5 Å². The van der Waals surface area contributed by atoms with E-state index in [1.807, 2.05) is 0 Å². The molecule has 1 N–H and O–H groups in total. The molecule has 0 saturated heterocycles. The Kier molecular flexibility index (Phi) is 4.80. The predicted molar refractivity (Wildman–Crippen MR) is 87.5 cm³/mol. The second-order valence-electron chi connectivity index (χ2n) is 5.86. The first kappa shape index (κ1) is 19.3. The summed E-state index contributed by atoms with van der Waals surface area (Å²) in [6.07, 6.45) is -3.71. The molecular weight excluding hydrogens is 387 g/mol. The Hall–Kier alpha value is -3.43. The van der Waals surface area contributed by atoms with E-state index in [2.05, 4.69) is 0 Å². The normalized spacial score (nSPS) is 11.6. The number of aromatic nitrogens is 2. The van der Waals surface area contributed by atoms with Crippen molar-refractivity contribution < 1.29 is 31.9 Å². The molecule has 0 unspecified atom stereocenters. The van der Waals surface area contributed by atoms with Crippen molar-refractivity contribution in [2.75, 3.05) is 0 Å². The number of nitrogens with zero attached hydrogens (tertiary/aromatic N) is 2. The topological polar surface area (TPSA) is 64.2 Å². The van der Waals surface area contributed by atoms with Crippen LogP contribution in [-0.2, 0) is 12.7 Å². The van der Waals surface area contributed by atoms with Crippen LogP contribution in [0.5, 0.6) is 0 Å². The van der Waals surface area contributed by atoms with Gasteiger partial charge in [-0.25, -0.2) is 18.3 Å². The summed E-state index contributed by atoms with van der Waals surface area (Å²) in [6, 6.07) is 6.48. The van der Waals surface area contributed by atoms with Crippen molar-refractivity contribution in [2.45, 2.75) is 12.7 Å². The molecular formula is C18H11F5N2O3. The van der Waals surface area contributed by atoms with Gasteiger partial charge in [-0.15, -0.1) is 0 Å². The largest absolute Gasteiger partial charge is 0.477 e. The summed E-state index contributed by atoms with van der Waals surface area (Å²) in [5, 5.41) is 9.15. The molecule has 0 aliphatic heterocycles. The van der Waals surface area contributed by atoms with Crippen LogP contribution < -0.4 is 5.56 Å². The minimum atomic E-state index is -4.60. The zero-order valence-electron chi connectivity index (χ0n) is 13.9. The van der Waals surface area contributed by atoms with Gasteiger partial charge in [0.15, 0.2) is 5.82 Å². The average Bonchev–Trinajstić information content (AvgIpc) is 2.91. The highest BCUT2D eigenvalue weighted by molar-refractivity contribution is 5.87. The quantitative estimate of drug-likeness (QED) is 0.682. The Bertz CT molecular complexity index is 1120. The van der Waals surface area contributed by atoms with Crippen LogP contribution in [0.25, 0.3) is 5.69 Å². The third kappa shape index (κ3) is 3.66. The number of aromatic carboxylic acids is 1. The molecule has 3 rings (SSSR count). The molecule has 0 spiro atoms. The van der Waals surface area contributed by atoms with Gasteiger partial charge in [-0.2, -0.15) is 13.2 Å². The minimum Gasteiger partial charge on any atom is -0.477 e. The molecule has 1 aromatic heterocycles.